The van der Waals surface area contributed by atoms with E-state index in [1.807, 2.05) is 31.2 Å². The van der Waals surface area contributed by atoms with Crippen molar-refractivity contribution in [2.24, 2.45) is 0 Å². The maximum Gasteiger partial charge on any atom is 0.337 e. The van der Waals surface area contributed by atoms with Gasteiger partial charge in [-0.1, -0.05) is 19.1 Å². The lowest BCUT2D eigenvalue weighted by atomic mass is 10.1. The minimum atomic E-state index is -1.06. The number of nitrogens with zero attached hydrogens (tertiary/aromatic N) is 1. The molecule has 126 valence electrons. The number of nitrogens with one attached hydrogen (secondary N) is 1. The van der Waals surface area contributed by atoms with Gasteiger partial charge < -0.3 is 15.2 Å². The van der Waals surface area contributed by atoms with Crippen LogP contribution in [0.2, 0.25) is 0 Å². The van der Waals surface area contributed by atoms with Gasteiger partial charge in [-0.2, -0.15) is 0 Å². The van der Waals surface area contributed by atoms with E-state index >= 15 is 0 Å². The topological polar surface area (TPSA) is 88.5 Å². The van der Waals surface area contributed by atoms with Crippen LogP contribution in [0.3, 0.4) is 0 Å². The van der Waals surface area contributed by atoms with E-state index in [4.69, 9.17) is 9.84 Å². The zero-order valence-corrected chi connectivity index (χ0v) is 13.7. The molecule has 1 heterocycles. The summed E-state index contributed by atoms with van der Waals surface area (Å²) >= 11 is 0. The number of benzene rings is 1. The van der Waals surface area contributed by atoms with Crippen LogP contribution in [0.5, 0.6) is 5.75 Å². The van der Waals surface area contributed by atoms with Crippen LogP contribution in [0.25, 0.3) is 0 Å². The van der Waals surface area contributed by atoms with Crippen LogP contribution in [0.4, 0.5) is 0 Å². The Morgan fingerprint density at radius 2 is 1.88 bits per heavy atom. The van der Waals surface area contributed by atoms with Gasteiger partial charge in [0.05, 0.1) is 17.9 Å². The minimum Gasteiger partial charge on any atom is -0.494 e. The first kappa shape index (κ1) is 17.5. The number of aryl methyl sites for hydroxylation is 1. The first-order valence-corrected chi connectivity index (χ1v) is 7.72. The number of aromatic carboxylic acids is 1. The zero-order valence-electron chi connectivity index (χ0n) is 13.7. The molecule has 2 rings (SSSR count). The second kappa shape index (κ2) is 8.10. The van der Waals surface area contributed by atoms with Crippen molar-refractivity contribution < 1.29 is 19.4 Å². The third kappa shape index (κ3) is 4.55. The molecule has 0 aliphatic heterocycles. The van der Waals surface area contributed by atoms with Crippen LogP contribution in [0.1, 0.15) is 45.4 Å². The van der Waals surface area contributed by atoms with Gasteiger partial charge in [-0.3, -0.25) is 4.79 Å². The number of carbonyl (C=O) groups is 2. The molecule has 24 heavy (non-hydrogen) atoms. The standard InChI is InChI=1S/C18H20N2O4/c1-3-10-24-14-6-4-13(5-7-14)11-19-17(21)16-9-8-15(18(22)23)12(2)20-16/h4-9H,3,10-11H2,1-2H3,(H,19,21)(H,22,23). The first-order chi connectivity index (χ1) is 11.5. The summed E-state index contributed by atoms with van der Waals surface area (Å²) in [5.74, 6) is -0.604. The van der Waals surface area contributed by atoms with Crippen molar-refractivity contribution in [1.82, 2.24) is 10.3 Å². The normalized spacial score (nSPS) is 10.2. The second-order valence-corrected chi connectivity index (χ2v) is 5.31. The molecule has 0 fully saturated rings. The van der Waals surface area contributed by atoms with Gasteiger partial charge >= 0.3 is 5.97 Å². The van der Waals surface area contributed by atoms with Crippen molar-refractivity contribution in [2.45, 2.75) is 26.8 Å². The van der Waals surface area contributed by atoms with Crippen LogP contribution in [0.15, 0.2) is 36.4 Å². The van der Waals surface area contributed by atoms with Gasteiger partial charge in [0.25, 0.3) is 5.91 Å². The molecule has 6 nitrogen and oxygen atoms in total. The molecular weight excluding hydrogens is 308 g/mol. The third-order valence-electron chi connectivity index (χ3n) is 3.40. The molecule has 0 saturated heterocycles. The quantitative estimate of drug-likeness (QED) is 0.816. The SMILES string of the molecule is CCCOc1ccc(CNC(=O)c2ccc(C(=O)O)c(C)n2)cc1. The number of rotatable bonds is 7. The van der Waals surface area contributed by atoms with Crippen molar-refractivity contribution in [3.05, 3.63) is 58.9 Å². The summed E-state index contributed by atoms with van der Waals surface area (Å²) in [5, 5.41) is 11.7. The van der Waals surface area contributed by atoms with Crippen molar-refractivity contribution >= 4 is 11.9 Å². The first-order valence-electron chi connectivity index (χ1n) is 7.72. The van der Waals surface area contributed by atoms with E-state index in [0.717, 1.165) is 17.7 Å². The van der Waals surface area contributed by atoms with Gasteiger partial charge in [0.15, 0.2) is 0 Å². The van der Waals surface area contributed by atoms with E-state index in [1.54, 1.807) is 6.92 Å². The highest BCUT2D eigenvalue weighted by molar-refractivity contribution is 5.94. The van der Waals surface area contributed by atoms with E-state index in [-0.39, 0.29) is 17.2 Å². The summed E-state index contributed by atoms with van der Waals surface area (Å²) in [5.41, 5.74) is 1.54. The third-order valence-corrected chi connectivity index (χ3v) is 3.40. The van der Waals surface area contributed by atoms with Crippen LogP contribution >= 0.6 is 0 Å². The second-order valence-electron chi connectivity index (χ2n) is 5.31. The molecule has 6 heteroatoms. The van der Waals surface area contributed by atoms with E-state index in [9.17, 15) is 9.59 Å². The van der Waals surface area contributed by atoms with Gasteiger partial charge in [-0.25, -0.2) is 9.78 Å². The number of carboxylic acids is 1. The predicted molar refractivity (Wildman–Crippen MR) is 89.3 cm³/mol. The highest BCUT2D eigenvalue weighted by atomic mass is 16.5. The lowest BCUT2D eigenvalue weighted by molar-refractivity contribution is 0.0694. The fraction of sp³-hybridized carbons (Fsp3) is 0.278. The van der Waals surface area contributed by atoms with Crippen LogP contribution in [0, 0.1) is 6.92 Å². The zero-order chi connectivity index (χ0) is 17.5. The molecule has 0 atom stereocenters. The molecule has 2 N–H and O–H groups in total. The number of pyridine rings is 1. The minimum absolute atomic E-state index is 0.0919. The van der Waals surface area contributed by atoms with Crippen LogP contribution in [-0.2, 0) is 6.54 Å². The summed E-state index contributed by atoms with van der Waals surface area (Å²) in [6.45, 7) is 4.64. The molecule has 0 radical (unpaired) electrons. The van der Waals surface area contributed by atoms with Gasteiger partial charge in [0.1, 0.15) is 11.4 Å². The van der Waals surface area contributed by atoms with Gasteiger partial charge in [-0.15, -0.1) is 0 Å². The fourth-order valence-corrected chi connectivity index (χ4v) is 2.11. The molecule has 0 aliphatic rings. The average molecular weight is 328 g/mol. The summed E-state index contributed by atoms with van der Waals surface area (Å²) in [4.78, 5) is 27.1. The van der Waals surface area contributed by atoms with E-state index in [1.165, 1.54) is 12.1 Å². The molecule has 0 bridgehead atoms. The monoisotopic (exact) mass is 328 g/mol. The lowest BCUT2D eigenvalue weighted by Crippen LogP contribution is -2.24. The van der Waals surface area contributed by atoms with Crippen molar-refractivity contribution in [3.63, 3.8) is 0 Å². The Kier molecular flexibility index (Phi) is 5.89. The number of amides is 1. The molecule has 1 aromatic carbocycles. The Morgan fingerprint density at radius 1 is 1.17 bits per heavy atom. The van der Waals surface area contributed by atoms with E-state index in [0.29, 0.717) is 18.8 Å². The molecule has 1 aromatic heterocycles. The fourth-order valence-electron chi connectivity index (χ4n) is 2.11. The smallest absolute Gasteiger partial charge is 0.337 e. The number of ether oxygens (including phenoxy) is 1. The van der Waals surface area contributed by atoms with Crippen molar-refractivity contribution in [2.75, 3.05) is 6.61 Å². The predicted octanol–water partition coefficient (Wildman–Crippen LogP) is 2.81. The molecule has 0 aliphatic carbocycles. The summed E-state index contributed by atoms with van der Waals surface area (Å²) < 4.78 is 5.50. The summed E-state index contributed by atoms with van der Waals surface area (Å²) in [7, 11) is 0. The maximum absolute atomic E-state index is 12.1. The maximum atomic E-state index is 12.1. The van der Waals surface area contributed by atoms with Crippen LogP contribution in [-0.4, -0.2) is 28.6 Å². The van der Waals surface area contributed by atoms with Crippen LogP contribution < -0.4 is 10.1 Å². The number of carbonyl (C=O) groups excluding carboxylic acids is 1. The number of aromatic nitrogens is 1. The Labute approximate surface area is 140 Å². The van der Waals surface area contributed by atoms with Gasteiger partial charge in [0, 0.05) is 6.54 Å². The average Bonchev–Trinajstić information content (AvgIpc) is 2.58. The Morgan fingerprint density at radius 3 is 2.46 bits per heavy atom. The highest BCUT2D eigenvalue weighted by Gasteiger charge is 2.12. The van der Waals surface area contributed by atoms with Gasteiger partial charge in [-0.05, 0) is 43.2 Å². The molecular formula is C18H20N2O4. The Hall–Kier alpha value is -2.89. The summed E-state index contributed by atoms with van der Waals surface area (Å²) in [6, 6.07) is 10.3. The molecule has 0 unspecified atom stereocenters. The van der Waals surface area contributed by atoms with E-state index in [2.05, 4.69) is 10.3 Å². The number of hydrogen-bond acceptors (Lipinski definition) is 4. The number of hydrogen-bond donors (Lipinski definition) is 2. The largest absolute Gasteiger partial charge is 0.494 e. The highest BCUT2D eigenvalue weighted by Crippen LogP contribution is 2.12. The number of carboxylic acid groups (broad SMARTS) is 1. The Balaban J connectivity index is 1.95. The van der Waals surface area contributed by atoms with Crippen molar-refractivity contribution in [1.29, 1.82) is 0 Å². The molecule has 2 aromatic rings. The molecule has 0 saturated carbocycles. The molecule has 1 amide bonds. The van der Waals surface area contributed by atoms with Crippen molar-refractivity contribution in [3.8, 4) is 5.75 Å². The lowest BCUT2D eigenvalue weighted by Gasteiger charge is -2.08. The van der Waals surface area contributed by atoms with Gasteiger partial charge in [0.2, 0.25) is 0 Å². The van der Waals surface area contributed by atoms with E-state index < -0.39 is 5.97 Å². The Bertz CT molecular complexity index is 726. The molecule has 0 spiro atoms. The summed E-state index contributed by atoms with van der Waals surface area (Å²) in [6.07, 6.45) is 0.949.